The molecule has 0 radical (unpaired) electrons. The summed E-state index contributed by atoms with van der Waals surface area (Å²) in [6.45, 7) is 3.00. The molecule has 7 heteroatoms. The summed E-state index contributed by atoms with van der Waals surface area (Å²) >= 11 is 6.21. The molecule has 3 rings (SSSR count). The molecule has 0 saturated carbocycles. The molecule has 1 saturated heterocycles. The van der Waals surface area contributed by atoms with Gasteiger partial charge < -0.3 is 19.8 Å². The molecule has 2 N–H and O–H groups in total. The van der Waals surface area contributed by atoms with Gasteiger partial charge in [-0.2, -0.15) is 0 Å². The van der Waals surface area contributed by atoms with Gasteiger partial charge in [-0.25, -0.2) is 4.98 Å². The number of hydrogen-bond acceptors (Lipinski definition) is 5. The molecule has 1 aliphatic heterocycles. The van der Waals surface area contributed by atoms with Gasteiger partial charge in [-0.05, 0) is 38.1 Å². The number of rotatable bonds is 6. The number of methoxy groups -OCH3 is 1. The first-order valence-corrected chi connectivity index (χ1v) is 8.69. The lowest BCUT2D eigenvalue weighted by atomic mass is 9.79. The van der Waals surface area contributed by atoms with E-state index in [1.165, 1.54) is 6.39 Å². The molecule has 1 amide bonds. The minimum Gasteiger partial charge on any atom is -0.443 e. The molecule has 1 aromatic heterocycles. The molecule has 0 atom stereocenters. The second kappa shape index (κ2) is 7.99. The zero-order valence-corrected chi connectivity index (χ0v) is 14.9. The SMILES string of the molecule is COCC1(CNC(=O)c2ncoc2-c2ccccc2Cl)CCNCC1. The predicted octanol–water partition coefficient (Wildman–Crippen LogP) is 2.74. The highest BCUT2D eigenvalue weighted by atomic mass is 35.5. The van der Waals surface area contributed by atoms with Crippen LogP contribution in [0, 0.1) is 5.41 Å². The van der Waals surface area contributed by atoms with E-state index < -0.39 is 0 Å². The first-order chi connectivity index (χ1) is 12.2. The molecular weight excluding hydrogens is 342 g/mol. The van der Waals surface area contributed by atoms with Crippen molar-refractivity contribution in [1.29, 1.82) is 0 Å². The van der Waals surface area contributed by atoms with E-state index in [-0.39, 0.29) is 17.0 Å². The van der Waals surface area contributed by atoms with Gasteiger partial charge in [0.05, 0.1) is 11.6 Å². The van der Waals surface area contributed by atoms with Crippen molar-refractivity contribution in [3.8, 4) is 11.3 Å². The van der Waals surface area contributed by atoms with E-state index in [1.807, 2.05) is 12.1 Å². The van der Waals surface area contributed by atoms with E-state index in [0.717, 1.165) is 25.9 Å². The zero-order valence-electron chi connectivity index (χ0n) is 14.2. The number of ether oxygens (including phenoxy) is 1. The summed E-state index contributed by atoms with van der Waals surface area (Å²) in [6.07, 6.45) is 3.18. The van der Waals surface area contributed by atoms with Gasteiger partial charge in [-0.1, -0.05) is 23.7 Å². The van der Waals surface area contributed by atoms with Crippen LogP contribution in [0.25, 0.3) is 11.3 Å². The summed E-state index contributed by atoms with van der Waals surface area (Å²) in [5.41, 5.74) is 0.846. The molecule has 1 fully saturated rings. The second-order valence-corrected chi connectivity index (χ2v) is 6.78. The van der Waals surface area contributed by atoms with Crippen molar-refractivity contribution in [2.45, 2.75) is 12.8 Å². The highest BCUT2D eigenvalue weighted by Gasteiger charge is 2.33. The van der Waals surface area contributed by atoms with Gasteiger partial charge in [-0.15, -0.1) is 0 Å². The third kappa shape index (κ3) is 4.03. The third-order valence-corrected chi connectivity index (χ3v) is 4.97. The Hall–Kier alpha value is -1.89. The summed E-state index contributed by atoms with van der Waals surface area (Å²) in [6, 6.07) is 7.23. The lowest BCUT2D eigenvalue weighted by Gasteiger charge is -2.37. The number of benzene rings is 1. The minimum absolute atomic E-state index is 0.0516. The highest BCUT2D eigenvalue weighted by molar-refractivity contribution is 6.33. The van der Waals surface area contributed by atoms with Crippen LogP contribution in [0.3, 0.4) is 0 Å². The Morgan fingerprint density at radius 1 is 1.40 bits per heavy atom. The average Bonchev–Trinajstić information content (AvgIpc) is 3.11. The number of amides is 1. The predicted molar refractivity (Wildman–Crippen MR) is 95.7 cm³/mol. The van der Waals surface area contributed by atoms with Gasteiger partial charge in [0.25, 0.3) is 5.91 Å². The topological polar surface area (TPSA) is 76.4 Å². The largest absolute Gasteiger partial charge is 0.443 e. The molecule has 1 aliphatic rings. The Morgan fingerprint density at radius 3 is 2.88 bits per heavy atom. The fourth-order valence-electron chi connectivity index (χ4n) is 3.23. The van der Waals surface area contributed by atoms with Crippen LogP contribution >= 0.6 is 11.6 Å². The smallest absolute Gasteiger partial charge is 0.273 e. The number of carbonyl (C=O) groups is 1. The van der Waals surface area contributed by atoms with Crippen LogP contribution in [-0.2, 0) is 4.74 Å². The van der Waals surface area contributed by atoms with Crippen molar-refractivity contribution in [3.63, 3.8) is 0 Å². The number of nitrogens with zero attached hydrogens (tertiary/aromatic N) is 1. The Balaban J connectivity index is 1.74. The van der Waals surface area contributed by atoms with Crippen LogP contribution < -0.4 is 10.6 Å². The standard InChI is InChI=1S/C18H22ClN3O3/c1-24-11-18(6-8-20-9-7-18)10-21-17(23)15-16(25-12-22-15)13-4-2-3-5-14(13)19/h2-5,12,20H,6-11H2,1H3,(H,21,23). The quantitative estimate of drug-likeness (QED) is 0.825. The van der Waals surface area contributed by atoms with Crippen molar-refractivity contribution >= 4 is 17.5 Å². The van der Waals surface area contributed by atoms with Crippen LogP contribution in [0.15, 0.2) is 35.1 Å². The minimum atomic E-state index is -0.266. The number of piperidine rings is 1. The van der Waals surface area contributed by atoms with Crippen LogP contribution in [0.5, 0.6) is 0 Å². The van der Waals surface area contributed by atoms with E-state index in [0.29, 0.717) is 29.5 Å². The van der Waals surface area contributed by atoms with E-state index in [1.54, 1.807) is 19.2 Å². The van der Waals surface area contributed by atoms with Gasteiger partial charge in [0, 0.05) is 24.6 Å². The first kappa shape index (κ1) is 17.9. The van der Waals surface area contributed by atoms with E-state index in [9.17, 15) is 4.79 Å². The van der Waals surface area contributed by atoms with Gasteiger partial charge >= 0.3 is 0 Å². The van der Waals surface area contributed by atoms with Crippen LogP contribution in [0.4, 0.5) is 0 Å². The van der Waals surface area contributed by atoms with Crippen LogP contribution in [-0.4, -0.2) is 44.2 Å². The first-order valence-electron chi connectivity index (χ1n) is 8.31. The van der Waals surface area contributed by atoms with Crippen molar-refractivity contribution < 1.29 is 13.9 Å². The number of aromatic nitrogens is 1. The summed E-state index contributed by atoms with van der Waals surface area (Å²) < 4.78 is 10.8. The van der Waals surface area contributed by atoms with Gasteiger partial charge in [0.15, 0.2) is 17.8 Å². The molecule has 6 nitrogen and oxygen atoms in total. The molecule has 0 aliphatic carbocycles. The molecule has 0 bridgehead atoms. The number of nitrogens with one attached hydrogen (secondary N) is 2. The average molecular weight is 364 g/mol. The van der Waals surface area contributed by atoms with Crippen molar-refractivity contribution in [2.75, 3.05) is 33.4 Å². The van der Waals surface area contributed by atoms with Crippen molar-refractivity contribution in [1.82, 2.24) is 15.6 Å². The number of oxazole rings is 1. The molecule has 25 heavy (non-hydrogen) atoms. The summed E-state index contributed by atoms with van der Waals surface area (Å²) in [5, 5.41) is 6.85. The Bertz CT molecular complexity index is 720. The number of carbonyl (C=O) groups excluding carboxylic acids is 1. The van der Waals surface area contributed by atoms with Gasteiger partial charge in [0.2, 0.25) is 0 Å². The molecule has 2 aromatic rings. The lowest BCUT2D eigenvalue weighted by molar-refractivity contribution is 0.0511. The Labute approximate surface area is 151 Å². The number of hydrogen-bond donors (Lipinski definition) is 2. The fraction of sp³-hybridized carbons (Fsp3) is 0.444. The van der Waals surface area contributed by atoms with Gasteiger partial charge in [-0.3, -0.25) is 4.79 Å². The monoisotopic (exact) mass is 363 g/mol. The molecule has 134 valence electrons. The van der Waals surface area contributed by atoms with Crippen molar-refractivity contribution in [3.05, 3.63) is 41.4 Å². The van der Waals surface area contributed by atoms with Crippen LogP contribution in [0.1, 0.15) is 23.3 Å². The Kier molecular flexibility index (Phi) is 5.73. The maximum atomic E-state index is 12.7. The second-order valence-electron chi connectivity index (χ2n) is 6.38. The highest BCUT2D eigenvalue weighted by Crippen LogP contribution is 2.31. The normalized spacial score (nSPS) is 16.6. The third-order valence-electron chi connectivity index (χ3n) is 4.64. The summed E-state index contributed by atoms with van der Waals surface area (Å²) in [5.74, 6) is 0.117. The maximum Gasteiger partial charge on any atom is 0.273 e. The number of halogens is 1. The maximum absolute atomic E-state index is 12.7. The molecule has 1 aromatic carbocycles. The molecule has 0 unspecified atom stereocenters. The van der Waals surface area contributed by atoms with Crippen LogP contribution in [0.2, 0.25) is 5.02 Å². The zero-order chi connectivity index (χ0) is 17.7. The Morgan fingerprint density at radius 2 is 2.16 bits per heavy atom. The van der Waals surface area contributed by atoms with E-state index in [4.69, 9.17) is 20.8 Å². The fourth-order valence-corrected chi connectivity index (χ4v) is 3.45. The van der Waals surface area contributed by atoms with E-state index in [2.05, 4.69) is 15.6 Å². The molecule has 0 spiro atoms. The van der Waals surface area contributed by atoms with E-state index >= 15 is 0 Å². The van der Waals surface area contributed by atoms with Crippen molar-refractivity contribution in [2.24, 2.45) is 5.41 Å². The molecular formula is C18H22ClN3O3. The summed E-state index contributed by atoms with van der Waals surface area (Å²) in [7, 11) is 1.69. The molecule has 2 heterocycles. The lowest BCUT2D eigenvalue weighted by Crippen LogP contribution is -2.47. The van der Waals surface area contributed by atoms with Gasteiger partial charge in [0.1, 0.15) is 0 Å². The summed E-state index contributed by atoms with van der Waals surface area (Å²) in [4.78, 5) is 16.8.